The Balaban J connectivity index is 1.08. The molecule has 7 aromatic heterocycles. The fourth-order valence-corrected chi connectivity index (χ4v) is 11.7. The molecule has 0 radical (unpaired) electrons. The molecule has 0 unspecified atom stereocenters. The second-order valence-corrected chi connectivity index (χ2v) is 20.3. The van der Waals surface area contributed by atoms with Crippen LogP contribution in [0.25, 0.3) is 136 Å². The Labute approximate surface area is 467 Å². The number of rotatable bonds is 12. The zero-order valence-electron chi connectivity index (χ0n) is 45.6. The molecule has 2 aliphatic heterocycles. The molecule has 8 bridgehead atoms. The Morgan fingerprint density at radius 1 is 0.263 bits per heavy atom. The first-order chi connectivity index (χ1) is 39.5. The third-order valence-electron chi connectivity index (χ3n) is 15.8. The van der Waals surface area contributed by atoms with Crippen molar-refractivity contribution < 1.29 is 18.3 Å². The first-order valence-corrected chi connectivity index (χ1v) is 28.0. The largest absolute Gasteiger partial charge is 0.354 e. The van der Waals surface area contributed by atoms with Gasteiger partial charge in [0.25, 0.3) is 0 Å². The zero-order valence-corrected chi connectivity index (χ0v) is 45.6. The van der Waals surface area contributed by atoms with Crippen LogP contribution in [0.2, 0.25) is 0 Å². The van der Waals surface area contributed by atoms with Crippen molar-refractivity contribution in [3.63, 3.8) is 0 Å². The Kier molecular flexibility index (Phi) is 13.3. The first-order valence-electron chi connectivity index (χ1n) is 28.0. The third kappa shape index (κ3) is 9.24. The van der Waals surface area contributed by atoms with Crippen molar-refractivity contribution >= 4 is 46.4 Å². The standard InChI is InChI=1S/C72H61N8/c1-5-77-45-13-9-17-65(77)49-21-29-53(30-22-49)69-57-37-39-59(73-57)70(54-31-23-50(24-32-54)66-18-10-14-46-78(66)6-2)61-41-43-63(75-61)72(56-35-27-52(28-36-56)68-20-12-16-48-80(68)8-4)64-44-42-62(76-64)71(60-40-38-58(69)74-60)55-33-25-51(26-34-55)67-19-11-15-47-79(67)7-3/h9-48H,5-8H2,1-4H3,(H,73,74,75,76)/q+3/p+1. The number of hydrogen-bond donors (Lipinski definition) is 2. The monoisotopic (exact) mass is 1040 g/mol. The molecule has 0 aliphatic carbocycles. The highest BCUT2D eigenvalue weighted by atomic mass is 15.0. The van der Waals surface area contributed by atoms with Crippen LogP contribution in [-0.2, 0) is 26.2 Å². The van der Waals surface area contributed by atoms with E-state index in [-0.39, 0.29) is 0 Å². The van der Waals surface area contributed by atoms with Crippen LogP contribution in [0.4, 0.5) is 0 Å². The van der Waals surface area contributed by atoms with E-state index in [0.717, 1.165) is 138 Å². The van der Waals surface area contributed by atoms with Gasteiger partial charge in [-0.25, -0.2) is 9.97 Å². The number of nitrogens with zero attached hydrogens (tertiary/aromatic N) is 6. The van der Waals surface area contributed by atoms with Crippen LogP contribution in [-0.4, -0.2) is 19.9 Å². The van der Waals surface area contributed by atoms with E-state index < -0.39 is 0 Å². The van der Waals surface area contributed by atoms with Crippen molar-refractivity contribution in [2.24, 2.45) is 0 Å². The predicted molar refractivity (Wildman–Crippen MR) is 326 cm³/mol. The molecule has 11 aromatic rings. The van der Waals surface area contributed by atoms with Crippen LogP contribution in [0.1, 0.15) is 50.5 Å². The fourth-order valence-electron chi connectivity index (χ4n) is 11.7. The van der Waals surface area contributed by atoms with Gasteiger partial charge in [0.15, 0.2) is 24.8 Å². The SMILES string of the molecule is CC[n+]1ccccc1-c1ccc(-c2c3nc(c(-c4ccc(-c5cccc[n+]5CC)cc4)c4ccc([nH]4)c(-c4ccc(-c5cccc[n+]5CC)cc4)c4ccc([nH]4)c(-c4ccc(-c5cccc[n+]5CC)cc4)c4nc2C=C4)C=C3)cc1. The van der Waals surface area contributed by atoms with Crippen LogP contribution >= 0.6 is 0 Å². The lowest BCUT2D eigenvalue weighted by Gasteiger charge is -2.09. The van der Waals surface area contributed by atoms with Crippen LogP contribution in [0.15, 0.2) is 219 Å². The minimum Gasteiger partial charge on any atom is -0.354 e. The zero-order chi connectivity index (χ0) is 54.1. The summed E-state index contributed by atoms with van der Waals surface area (Å²) in [6.45, 7) is 12.3. The first kappa shape index (κ1) is 49.6. The molecule has 0 saturated heterocycles. The molecule has 0 fully saturated rings. The number of aromatic amines is 2. The summed E-state index contributed by atoms with van der Waals surface area (Å²) in [6.07, 6.45) is 17.3. The van der Waals surface area contributed by atoms with Crippen molar-refractivity contribution in [2.45, 2.75) is 53.9 Å². The molecule has 8 heteroatoms. The third-order valence-corrected chi connectivity index (χ3v) is 15.8. The summed E-state index contributed by atoms with van der Waals surface area (Å²) in [5.41, 5.74) is 24.8. The fraction of sp³-hybridized carbons (Fsp3) is 0.111. The molecule has 0 spiro atoms. The van der Waals surface area contributed by atoms with Crippen LogP contribution in [0.3, 0.4) is 0 Å². The van der Waals surface area contributed by atoms with Crippen molar-refractivity contribution in [1.29, 1.82) is 0 Å². The van der Waals surface area contributed by atoms with Gasteiger partial charge in [0, 0.05) is 115 Å². The maximum absolute atomic E-state index is 5.64. The number of nitrogens with one attached hydrogen (secondary N) is 2. The topological polar surface area (TPSA) is 72.9 Å². The van der Waals surface area contributed by atoms with E-state index in [1.807, 2.05) is 0 Å². The molecule has 386 valence electrons. The van der Waals surface area contributed by atoms with Gasteiger partial charge in [-0.3, -0.25) is 0 Å². The summed E-state index contributed by atoms with van der Waals surface area (Å²) < 4.78 is 9.13. The maximum atomic E-state index is 5.64. The molecule has 8 nitrogen and oxygen atoms in total. The Morgan fingerprint density at radius 3 is 0.787 bits per heavy atom. The van der Waals surface area contributed by atoms with Gasteiger partial charge < -0.3 is 9.97 Å². The molecule has 2 aliphatic rings. The predicted octanol–water partition coefficient (Wildman–Crippen LogP) is 15.2. The van der Waals surface area contributed by atoms with Crippen molar-refractivity contribution in [3.8, 4) is 89.5 Å². The number of fused-ring (bicyclic) bond motifs is 8. The average molecular weight is 1040 g/mol. The molecule has 0 amide bonds. The highest BCUT2D eigenvalue weighted by molar-refractivity contribution is 6.00. The molecule has 80 heavy (non-hydrogen) atoms. The number of aromatic nitrogens is 8. The normalized spacial score (nSPS) is 11.8. The number of hydrogen-bond acceptors (Lipinski definition) is 2. The van der Waals surface area contributed by atoms with E-state index in [9.17, 15) is 0 Å². The molecule has 9 heterocycles. The van der Waals surface area contributed by atoms with Gasteiger partial charge >= 0.3 is 0 Å². The van der Waals surface area contributed by atoms with Crippen molar-refractivity contribution in [3.05, 3.63) is 242 Å². The second-order valence-electron chi connectivity index (χ2n) is 20.3. The minimum atomic E-state index is 0.845. The van der Waals surface area contributed by atoms with E-state index in [0.29, 0.717) is 0 Å². The summed E-state index contributed by atoms with van der Waals surface area (Å²) in [5, 5.41) is 0. The van der Waals surface area contributed by atoms with E-state index in [1.165, 1.54) is 22.8 Å². The van der Waals surface area contributed by atoms with Gasteiger partial charge in [-0.15, -0.1) is 0 Å². The Bertz CT molecular complexity index is 4180. The smallest absolute Gasteiger partial charge is 0.212 e. The molecule has 4 aromatic carbocycles. The lowest BCUT2D eigenvalue weighted by atomic mass is 9.99. The molecule has 0 atom stereocenters. The number of benzene rings is 4. The van der Waals surface area contributed by atoms with E-state index in [2.05, 4.69) is 299 Å². The number of pyridine rings is 4. The molecule has 0 saturated carbocycles. The van der Waals surface area contributed by atoms with Gasteiger partial charge in [-0.2, -0.15) is 18.3 Å². The van der Waals surface area contributed by atoms with Crippen LogP contribution < -0.4 is 18.3 Å². The summed E-state index contributed by atoms with van der Waals surface area (Å²) in [4.78, 5) is 19.3. The summed E-state index contributed by atoms with van der Waals surface area (Å²) in [7, 11) is 0. The van der Waals surface area contributed by atoms with Gasteiger partial charge in [-0.1, -0.05) is 48.5 Å². The minimum absolute atomic E-state index is 0.845. The molecule has 13 rings (SSSR count). The summed E-state index contributed by atoms with van der Waals surface area (Å²) in [6, 6.07) is 70.2. The summed E-state index contributed by atoms with van der Waals surface area (Å²) >= 11 is 0. The lowest BCUT2D eigenvalue weighted by molar-refractivity contribution is -0.683. The van der Waals surface area contributed by atoms with E-state index in [4.69, 9.17) is 9.97 Å². The van der Waals surface area contributed by atoms with Crippen LogP contribution in [0.5, 0.6) is 0 Å². The Hall–Kier alpha value is -9.92. The van der Waals surface area contributed by atoms with Crippen LogP contribution in [0, 0.1) is 0 Å². The Morgan fingerprint density at radius 2 is 0.500 bits per heavy atom. The van der Waals surface area contributed by atoms with E-state index >= 15 is 0 Å². The molecule has 2 N–H and O–H groups in total. The summed E-state index contributed by atoms with van der Waals surface area (Å²) in [5.74, 6) is 0. The quantitative estimate of drug-likeness (QED) is 0.120. The van der Waals surface area contributed by atoms with Crippen molar-refractivity contribution in [1.82, 2.24) is 19.9 Å². The molecular formula is C72H62N8+4. The maximum Gasteiger partial charge on any atom is 0.212 e. The van der Waals surface area contributed by atoms with Gasteiger partial charge in [-0.05, 0) is 171 Å². The highest BCUT2D eigenvalue weighted by Crippen LogP contribution is 2.40. The van der Waals surface area contributed by atoms with Gasteiger partial charge in [0.2, 0.25) is 22.8 Å². The van der Waals surface area contributed by atoms with E-state index in [1.54, 1.807) is 0 Å². The number of H-pyrrole nitrogens is 2. The molecular weight excluding hydrogens is 977 g/mol. The highest BCUT2D eigenvalue weighted by Gasteiger charge is 2.22. The average Bonchev–Trinajstić information content (AvgIpc) is 4.41. The number of aryl methyl sites for hydroxylation is 4. The second kappa shape index (κ2) is 21.5. The van der Waals surface area contributed by atoms with Crippen molar-refractivity contribution in [2.75, 3.05) is 0 Å². The lowest BCUT2D eigenvalue weighted by Crippen LogP contribution is -2.34. The van der Waals surface area contributed by atoms with Gasteiger partial charge in [0.1, 0.15) is 26.2 Å². The van der Waals surface area contributed by atoms with Gasteiger partial charge in [0.05, 0.1) is 22.8 Å².